The Morgan fingerprint density at radius 3 is 2.14 bits per heavy atom. The number of rotatable bonds is 8. The summed E-state index contributed by atoms with van der Waals surface area (Å²) in [5.74, 6) is 0.722. The first kappa shape index (κ1) is 17.1. The third kappa shape index (κ3) is 5.16. The van der Waals surface area contributed by atoms with E-state index in [9.17, 15) is 0 Å². The van der Waals surface area contributed by atoms with E-state index in [-0.39, 0.29) is 13.2 Å². The SMILES string of the molecule is NC1CCC(CNc2ccc(N(CCO)CCO)cc2)CC1. The molecule has 5 nitrogen and oxygen atoms in total. The van der Waals surface area contributed by atoms with Crippen LogP contribution in [0.15, 0.2) is 24.3 Å². The lowest BCUT2D eigenvalue weighted by Gasteiger charge is -2.26. The quantitative estimate of drug-likeness (QED) is 0.584. The number of benzene rings is 1. The standard InChI is InChI=1S/C17H29N3O2/c18-15-3-1-14(2-4-15)13-19-16-5-7-17(8-6-16)20(9-11-21)10-12-22/h5-8,14-15,19,21-22H,1-4,9-13,18H2. The minimum Gasteiger partial charge on any atom is -0.395 e. The van der Waals surface area contributed by atoms with Gasteiger partial charge in [-0.15, -0.1) is 0 Å². The number of hydrogen-bond acceptors (Lipinski definition) is 5. The summed E-state index contributed by atoms with van der Waals surface area (Å²) in [6.07, 6.45) is 4.71. The van der Waals surface area contributed by atoms with Gasteiger partial charge in [0.15, 0.2) is 0 Å². The molecule has 1 saturated carbocycles. The van der Waals surface area contributed by atoms with E-state index in [0.717, 1.165) is 36.7 Å². The van der Waals surface area contributed by atoms with Gasteiger partial charge in [0.2, 0.25) is 0 Å². The molecule has 0 aromatic heterocycles. The minimum atomic E-state index is 0.0871. The second-order valence-electron chi connectivity index (χ2n) is 6.14. The summed E-state index contributed by atoms with van der Waals surface area (Å²) in [6.45, 7) is 2.25. The smallest absolute Gasteiger partial charge is 0.0606 e. The number of aliphatic hydroxyl groups excluding tert-OH is 2. The summed E-state index contributed by atoms with van der Waals surface area (Å²) in [6, 6.07) is 8.59. The highest BCUT2D eigenvalue weighted by molar-refractivity contribution is 5.55. The minimum absolute atomic E-state index is 0.0871. The zero-order valence-electron chi connectivity index (χ0n) is 13.2. The molecule has 0 aliphatic heterocycles. The van der Waals surface area contributed by atoms with Crippen LogP contribution in [-0.2, 0) is 0 Å². The summed E-state index contributed by atoms with van der Waals surface area (Å²) < 4.78 is 0. The van der Waals surface area contributed by atoms with Crippen molar-refractivity contribution < 1.29 is 10.2 Å². The highest BCUT2D eigenvalue weighted by Gasteiger charge is 2.18. The van der Waals surface area contributed by atoms with Crippen molar-refractivity contribution in [3.63, 3.8) is 0 Å². The molecule has 22 heavy (non-hydrogen) atoms. The van der Waals surface area contributed by atoms with E-state index < -0.39 is 0 Å². The fourth-order valence-corrected chi connectivity index (χ4v) is 3.06. The lowest BCUT2D eigenvalue weighted by molar-refractivity contribution is 0.281. The molecule has 0 heterocycles. The first-order valence-electron chi connectivity index (χ1n) is 8.29. The molecule has 0 spiro atoms. The van der Waals surface area contributed by atoms with E-state index in [4.69, 9.17) is 15.9 Å². The molecule has 1 fully saturated rings. The lowest BCUT2D eigenvalue weighted by atomic mass is 9.86. The van der Waals surface area contributed by atoms with Crippen molar-refractivity contribution in [1.82, 2.24) is 0 Å². The fraction of sp³-hybridized carbons (Fsp3) is 0.647. The van der Waals surface area contributed by atoms with Crippen molar-refractivity contribution in [2.45, 2.75) is 31.7 Å². The van der Waals surface area contributed by atoms with Gasteiger partial charge >= 0.3 is 0 Å². The highest BCUT2D eigenvalue weighted by Crippen LogP contribution is 2.24. The number of nitrogens with zero attached hydrogens (tertiary/aromatic N) is 1. The maximum absolute atomic E-state index is 9.08. The van der Waals surface area contributed by atoms with Gasteiger partial charge in [0, 0.05) is 37.1 Å². The summed E-state index contributed by atoms with van der Waals surface area (Å²) in [4.78, 5) is 1.98. The Kier molecular flexibility index (Phi) is 6.96. The van der Waals surface area contributed by atoms with Gasteiger partial charge < -0.3 is 26.2 Å². The second-order valence-corrected chi connectivity index (χ2v) is 6.14. The number of nitrogens with two attached hydrogens (primary N) is 1. The van der Waals surface area contributed by atoms with Crippen molar-refractivity contribution >= 4 is 11.4 Å². The summed E-state index contributed by atoms with van der Waals surface area (Å²) in [5.41, 5.74) is 8.08. The van der Waals surface area contributed by atoms with Crippen molar-refractivity contribution in [3.05, 3.63) is 24.3 Å². The Balaban J connectivity index is 1.83. The number of aliphatic hydroxyl groups is 2. The molecule has 0 saturated heterocycles. The maximum Gasteiger partial charge on any atom is 0.0606 e. The highest BCUT2D eigenvalue weighted by atomic mass is 16.3. The third-order valence-electron chi connectivity index (χ3n) is 4.46. The van der Waals surface area contributed by atoms with Crippen LogP contribution in [0.25, 0.3) is 0 Å². The van der Waals surface area contributed by atoms with Gasteiger partial charge in [-0.2, -0.15) is 0 Å². The normalized spacial score (nSPS) is 21.6. The molecule has 1 aliphatic carbocycles. The van der Waals surface area contributed by atoms with Crippen LogP contribution in [0.1, 0.15) is 25.7 Å². The van der Waals surface area contributed by atoms with E-state index in [1.165, 1.54) is 12.8 Å². The fourth-order valence-electron chi connectivity index (χ4n) is 3.06. The monoisotopic (exact) mass is 307 g/mol. The largest absolute Gasteiger partial charge is 0.395 e. The first-order chi connectivity index (χ1) is 10.7. The summed E-state index contributed by atoms with van der Waals surface area (Å²) >= 11 is 0. The Morgan fingerprint density at radius 2 is 1.59 bits per heavy atom. The molecular weight excluding hydrogens is 278 g/mol. The van der Waals surface area contributed by atoms with Crippen LogP contribution in [0.3, 0.4) is 0 Å². The zero-order valence-corrected chi connectivity index (χ0v) is 13.2. The van der Waals surface area contributed by atoms with Crippen LogP contribution < -0.4 is 16.0 Å². The molecule has 124 valence electrons. The maximum atomic E-state index is 9.08. The zero-order chi connectivity index (χ0) is 15.8. The van der Waals surface area contributed by atoms with Crippen LogP contribution in [0.2, 0.25) is 0 Å². The van der Waals surface area contributed by atoms with Crippen LogP contribution in [-0.4, -0.2) is 49.1 Å². The number of hydrogen-bond donors (Lipinski definition) is 4. The van der Waals surface area contributed by atoms with Crippen LogP contribution in [0.5, 0.6) is 0 Å². The third-order valence-corrected chi connectivity index (χ3v) is 4.46. The van der Waals surface area contributed by atoms with Gasteiger partial charge in [0.25, 0.3) is 0 Å². The van der Waals surface area contributed by atoms with E-state index >= 15 is 0 Å². The molecule has 0 amide bonds. The molecule has 0 radical (unpaired) electrons. The first-order valence-corrected chi connectivity index (χ1v) is 8.29. The van der Waals surface area contributed by atoms with Crippen molar-refractivity contribution in [2.75, 3.05) is 43.1 Å². The van der Waals surface area contributed by atoms with Crippen LogP contribution in [0.4, 0.5) is 11.4 Å². The molecule has 5 N–H and O–H groups in total. The van der Waals surface area contributed by atoms with Crippen LogP contribution >= 0.6 is 0 Å². The van der Waals surface area contributed by atoms with E-state index in [0.29, 0.717) is 19.1 Å². The lowest BCUT2D eigenvalue weighted by Crippen LogP contribution is -2.29. The van der Waals surface area contributed by atoms with Gasteiger partial charge in [-0.1, -0.05) is 0 Å². The van der Waals surface area contributed by atoms with Gasteiger partial charge in [0.1, 0.15) is 0 Å². The molecule has 5 heteroatoms. The van der Waals surface area contributed by atoms with Crippen LogP contribution in [0, 0.1) is 5.92 Å². The van der Waals surface area contributed by atoms with Crippen molar-refractivity contribution in [3.8, 4) is 0 Å². The molecule has 0 unspecified atom stereocenters. The van der Waals surface area contributed by atoms with E-state index in [1.807, 2.05) is 17.0 Å². The molecule has 1 aliphatic rings. The molecule has 2 rings (SSSR count). The summed E-state index contributed by atoms with van der Waals surface area (Å²) in [7, 11) is 0. The van der Waals surface area contributed by atoms with Crippen molar-refractivity contribution in [1.29, 1.82) is 0 Å². The molecule has 1 aromatic carbocycles. The Morgan fingerprint density at radius 1 is 1.00 bits per heavy atom. The van der Waals surface area contributed by atoms with E-state index in [1.54, 1.807) is 0 Å². The van der Waals surface area contributed by atoms with Gasteiger partial charge in [-0.05, 0) is 55.9 Å². The molecule has 1 aromatic rings. The topological polar surface area (TPSA) is 81.8 Å². The average Bonchev–Trinajstić information content (AvgIpc) is 2.55. The van der Waals surface area contributed by atoms with Crippen molar-refractivity contribution in [2.24, 2.45) is 11.7 Å². The predicted octanol–water partition coefficient (Wildman–Crippen LogP) is 1.41. The predicted molar refractivity (Wildman–Crippen MR) is 91.2 cm³/mol. The average molecular weight is 307 g/mol. The van der Waals surface area contributed by atoms with Gasteiger partial charge in [-0.25, -0.2) is 0 Å². The summed E-state index contributed by atoms with van der Waals surface area (Å²) in [5, 5.41) is 21.7. The second kappa shape index (κ2) is 8.98. The molecule has 0 atom stereocenters. The molecule has 0 bridgehead atoms. The van der Waals surface area contributed by atoms with E-state index in [2.05, 4.69) is 17.4 Å². The Hall–Kier alpha value is -1.30. The Labute approximate surface area is 133 Å². The number of nitrogens with one attached hydrogen (secondary N) is 1. The van der Waals surface area contributed by atoms with Gasteiger partial charge in [0.05, 0.1) is 13.2 Å². The number of anilines is 2. The Bertz CT molecular complexity index is 410. The van der Waals surface area contributed by atoms with Gasteiger partial charge in [-0.3, -0.25) is 0 Å². The molecular formula is C17H29N3O2.